The summed E-state index contributed by atoms with van der Waals surface area (Å²) < 4.78 is 0. The molecule has 0 radical (unpaired) electrons. The van der Waals surface area contributed by atoms with Gasteiger partial charge in [-0.1, -0.05) is 29.3 Å². The molecule has 1 N–H and O–H groups in total. The largest absolute Gasteiger partial charge is 0.312 e. The second kappa shape index (κ2) is 4.70. The standard InChI is InChI=1S/C17H27N/c1-13-8-14(2)10-15(9-13)11-17(6-7-17)12-18-16(3,4)5/h8-10,18H,6-7,11-12H2,1-5H3. The monoisotopic (exact) mass is 245 g/mol. The van der Waals surface area contributed by atoms with E-state index in [4.69, 9.17) is 0 Å². The summed E-state index contributed by atoms with van der Waals surface area (Å²) in [5.74, 6) is 0. The molecule has 0 aromatic heterocycles. The van der Waals surface area contributed by atoms with Crippen molar-refractivity contribution >= 4 is 0 Å². The lowest BCUT2D eigenvalue weighted by Gasteiger charge is -2.25. The van der Waals surface area contributed by atoms with E-state index in [-0.39, 0.29) is 5.54 Å². The van der Waals surface area contributed by atoms with Crippen LogP contribution in [0.2, 0.25) is 0 Å². The Labute approximate surface area is 112 Å². The first-order valence-corrected chi connectivity index (χ1v) is 7.10. The maximum absolute atomic E-state index is 3.67. The molecule has 1 aliphatic rings. The van der Waals surface area contributed by atoms with E-state index >= 15 is 0 Å². The minimum atomic E-state index is 0.234. The van der Waals surface area contributed by atoms with Gasteiger partial charge in [0.15, 0.2) is 0 Å². The van der Waals surface area contributed by atoms with Crippen molar-refractivity contribution in [2.24, 2.45) is 5.41 Å². The van der Waals surface area contributed by atoms with Gasteiger partial charge < -0.3 is 5.32 Å². The molecule has 1 heteroatoms. The highest BCUT2D eigenvalue weighted by Gasteiger charge is 2.42. The van der Waals surface area contributed by atoms with Crippen LogP contribution in [0.1, 0.15) is 50.3 Å². The average molecular weight is 245 g/mol. The van der Waals surface area contributed by atoms with E-state index in [0.29, 0.717) is 5.41 Å². The van der Waals surface area contributed by atoms with E-state index in [1.165, 1.54) is 36.0 Å². The van der Waals surface area contributed by atoms with Crippen molar-refractivity contribution in [1.29, 1.82) is 0 Å². The zero-order chi connectivity index (χ0) is 13.4. The van der Waals surface area contributed by atoms with Crippen molar-refractivity contribution in [2.75, 3.05) is 6.54 Å². The fourth-order valence-electron chi connectivity index (χ4n) is 2.65. The van der Waals surface area contributed by atoms with Gasteiger partial charge in [0.25, 0.3) is 0 Å². The summed E-state index contributed by atoms with van der Waals surface area (Å²) in [6.07, 6.45) is 3.99. The van der Waals surface area contributed by atoms with E-state index in [0.717, 1.165) is 6.54 Å². The molecule has 1 aliphatic carbocycles. The molecular weight excluding hydrogens is 218 g/mol. The Balaban J connectivity index is 2.00. The van der Waals surface area contributed by atoms with Crippen LogP contribution in [0.5, 0.6) is 0 Å². The Bertz CT molecular complexity index is 401. The molecule has 0 saturated heterocycles. The van der Waals surface area contributed by atoms with E-state index in [9.17, 15) is 0 Å². The first-order valence-electron chi connectivity index (χ1n) is 7.10. The van der Waals surface area contributed by atoms with Gasteiger partial charge in [-0.25, -0.2) is 0 Å². The fraction of sp³-hybridized carbons (Fsp3) is 0.647. The number of hydrogen-bond acceptors (Lipinski definition) is 1. The van der Waals surface area contributed by atoms with Crippen LogP contribution in [0, 0.1) is 19.3 Å². The lowest BCUT2D eigenvalue weighted by molar-refractivity contribution is 0.356. The van der Waals surface area contributed by atoms with Crippen molar-refractivity contribution in [1.82, 2.24) is 5.32 Å². The SMILES string of the molecule is Cc1cc(C)cc(CC2(CNC(C)(C)C)CC2)c1. The van der Waals surface area contributed by atoms with Gasteiger partial charge in [-0.15, -0.1) is 0 Å². The smallest absolute Gasteiger partial charge is 0.00967 e. The summed E-state index contributed by atoms with van der Waals surface area (Å²) in [4.78, 5) is 0. The van der Waals surface area contributed by atoms with Gasteiger partial charge in [0.05, 0.1) is 0 Å². The summed E-state index contributed by atoms with van der Waals surface area (Å²) in [6.45, 7) is 12.3. The Kier molecular flexibility index (Phi) is 3.55. The van der Waals surface area contributed by atoms with Gasteiger partial charge in [0.2, 0.25) is 0 Å². The van der Waals surface area contributed by atoms with Crippen molar-refractivity contribution in [3.63, 3.8) is 0 Å². The number of benzene rings is 1. The van der Waals surface area contributed by atoms with Gasteiger partial charge in [-0.2, -0.15) is 0 Å². The molecule has 1 fully saturated rings. The zero-order valence-corrected chi connectivity index (χ0v) is 12.6. The second-order valence-electron chi connectivity index (χ2n) is 7.28. The Hall–Kier alpha value is -0.820. The molecule has 0 heterocycles. The number of rotatable bonds is 4. The molecule has 1 saturated carbocycles. The van der Waals surface area contributed by atoms with Crippen LogP contribution in [0.4, 0.5) is 0 Å². The maximum Gasteiger partial charge on any atom is 0.00967 e. The van der Waals surface area contributed by atoms with Crippen LogP contribution < -0.4 is 5.32 Å². The van der Waals surface area contributed by atoms with Crippen LogP contribution in [-0.4, -0.2) is 12.1 Å². The maximum atomic E-state index is 3.67. The molecule has 0 atom stereocenters. The van der Waals surface area contributed by atoms with Gasteiger partial charge in [0.1, 0.15) is 0 Å². The highest BCUT2D eigenvalue weighted by atomic mass is 15.0. The first kappa shape index (κ1) is 13.6. The highest BCUT2D eigenvalue weighted by molar-refractivity contribution is 5.30. The van der Waals surface area contributed by atoms with Crippen LogP contribution in [0.15, 0.2) is 18.2 Å². The van der Waals surface area contributed by atoms with E-state index in [1.807, 2.05) is 0 Å². The van der Waals surface area contributed by atoms with E-state index in [2.05, 4.69) is 58.1 Å². The van der Waals surface area contributed by atoms with Crippen LogP contribution >= 0.6 is 0 Å². The van der Waals surface area contributed by atoms with Gasteiger partial charge in [-0.3, -0.25) is 0 Å². The van der Waals surface area contributed by atoms with Crippen molar-refractivity contribution in [3.05, 3.63) is 34.9 Å². The van der Waals surface area contributed by atoms with Crippen molar-refractivity contribution < 1.29 is 0 Å². The normalized spacial score (nSPS) is 17.8. The second-order valence-corrected chi connectivity index (χ2v) is 7.28. The predicted molar refractivity (Wildman–Crippen MR) is 79.0 cm³/mol. The summed E-state index contributed by atoms with van der Waals surface area (Å²) >= 11 is 0. The molecular formula is C17H27N. The fourth-order valence-corrected chi connectivity index (χ4v) is 2.65. The number of nitrogens with one attached hydrogen (secondary N) is 1. The minimum absolute atomic E-state index is 0.234. The predicted octanol–water partition coefficient (Wildman–Crippen LogP) is 4.01. The quantitative estimate of drug-likeness (QED) is 0.845. The van der Waals surface area contributed by atoms with Gasteiger partial charge in [-0.05, 0) is 64.9 Å². The number of aryl methyl sites for hydroxylation is 2. The van der Waals surface area contributed by atoms with Crippen LogP contribution in [0.3, 0.4) is 0 Å². The molecule has 0 amide bonds. The molecule has 1 nitrogen and oxygen atoms in total. The molecule has 0 spiro atoms. The van der Waals surface area contributed by atoms with E-state index < -0.39 is 0 Å². The Morgan fingerprint density at radius 2 is 1.61 bits per heavy atom. The number of hydrogen-bond donors (Lipinski definition) is 1. The topological polar surface area (TPSA) is 12.0 Å². The summed E-state index contributed by atoms with van der Waals surface area (Å²) in [6, 6.07) is 6.96. The Morgan fingerprint density at radius 3 is 2.06 bits per heavy atom. The molecule has 2 rings (SSSR count). The minimum Gasteiger partial charge on any atom is -0.312 e. The molecule has 100 valence electrons. The molecule has 0 bridgehead atoms. The highest BCUT2D eigenvalue weighted by Crippen LogP contribution is 2.48. The summed E-state index contributed by atoms with van der Waals surface area (Å²) in [5.41, 5.74) is 5.07. The third-order valence-electron chi connectivity index (χ3n) is 3.81. The zero-order valence-electron chi connectivity index (χ0n) is 12.6. The molecule has 18 heavy (non-hydrogen) atoms. The van der Waals surface area contributed by atoms with Crippen molar-refractivity contribution in [2.45, 2.75) is 59.4 Å². The third kappa shape index (κ3) is 3.84. The van der Waals surface area contributed by atoms with Crippen molar-refractivity contribution in [3.8, 4) is 0 Å². The first-order chi connectivity index (χ1) is 8.28. The third-order valence-corrected chi connectivity index (χ3v) is 3.81. The molecule has 1 aromatic rings. The van der Waals surface area contributed by atoms with Gasteiger partial charge >= 0.3 is 0 Å². The lowest BCUT2D eigenvalue weighted by atomic mass is 9.93. The average Bonchev–Trinajstić information content (AvgIpc) is 2.93. The molecule has 0 unspecified atom stereocenters. The molecule has 1 aromatic carbocycles. The summed E-state index contributed by atoms with van der Waals surface area (Å²) in [5, 5.41) is 3.67. The van der Waals surface area contributed by atoms with Gasteiger partial charge in [0, 0.05) is 12.1 Å². The summed E-state index contributed by atoms with van der Waals surface area (Å²) in [7, 11) is 0. The lowest BCUT2D eigenvalue weighted by Crippen LogP contribution is -2.40. The van der Waals surface area contributed by atoms with E-state index in [1.54, 1.807) is 0 Å². The Morgan fingerprint density at radius 1 is 1.06 bits per heavy atom. The van der Waals surface area contributed by atoms with Crippen LogP contribution in [0.25, 0.3) is 0 Å². The molecule has 0 aliphatic heterocycles. The van der Waals surface area contributed by atoms with Crippen LogP contribution in [-0.2, 0) is 6.42 Å².